The second-order valence-corrected chi connectivity index (χ2v) is 9.91. The van der Waals surface area contributed by atoms with Crippen LogP contribution in [0.2, 0.25) is 0 Å². The van der Waals surface area contributed by atoms with Crippen LogP contribution in [0.5, 0.6) is 0 Å². The van der Waals surface area contributed by atoms with E-state index >= 15 is 0 Å². The Kier molecular flexibility index (Phi) is 4.43. The molecular weight excluding hydrogens is 362 g/mol. The zero-order valence-electron chi connectivity index (χ0n) is 14.2. The molecule has 0 aromatic carbocycles. The van der Waals surface area contributed by atoms with Gasteiger partial charge < -0.3 is 9.26 Å². The number of hydrogen-bond donors (Lipinski definition) is 1. The Morgan fingerprint density at radius 2 is 2.08 bits per heavy atom. The highest BCUT2D eigenvalue weighted by molar-refractivity contribution is 7.89. The third-order valence-electron chi connectivity index (χ3n) is 4.57. The van der Waals surface area contributed by atoms with E-state index in [1.165, 1.54) is 11.3 Å². The number of rotatable bonds is 6. The molecule has 25 heavy (non-hydrogen) atoms. The smallest absolute Gasteiger partial charge is 0.255 e. The highest BCUT2D eigenvalue weighted by atomic mass is 32.2. The van der Waals surface area contributed by atoms with Gasteiger partial charge in [0.05, 0.1) is 11.0 Å². The molecule has 0 bridgehead atoms. The molecule has 9 heteroatoms. The number of nitrogens with zero attached hydrogens (tertiary/aromatic N) is 2. The first-order valence-electron chi connectivity index (χ1n) is 8.48. The fourth-order valence-electron chi connectivity index (χ4n) is 3.08. The minimum Gasteiger partial charge on any atom is -0.364 e. The summed E-state index contributed by atoms with van der Waals surface area (Å²) in [5, 5.41) is 4.01. The molecule has 2 fully saturated rings. The fraction of sp³-hybridized carbons (Fsp3) is 0.625. The Morgan fingerprint density at radius 1 is 1.28 bits per heavy atom. The van der Waals surface area contributed by atoms with Crippen molar-refractivity contribution in [2.24, 2.45) is 0 Å². The van der Waals surface area contributed by atoms with Gasteiger partial charge in [0.25, 0.3) is 5.89 Å². The van der Waals surface area contributed by atoms with Crippen molar-refractivity contribution < 1.29 is 17.7 Å². The molecule has 1 saturated heterocycles. The Bertz CT molecular complexity index is 870. The summed E-state index contributed by atoms with van der Waals surface area (Å²) in [5.74, 6) is 1.72. The first kappa shape index (κ1) is 17.1. The predicted molar refractivity (Wildman–Crippen MR) is 92.1 cm³/mol. The molecular formula is C16H21N3O4S2. The SMILES string of the molecule is Cc1cc(S(=O)(=O)NC[C@H]2CC[C@@H](c3nc(C4CC4)no3)O2)c(C)s1. The number of sulfonamides is 1. The number of ether oxygens (including phenoxy) is 1. The second kappa shape index (κ2) is 6.46. The van der Waals surface area contributed by atoms with Crippen LogP contribution in [0.25, 0.3) is 0 Å². The highest BCUT2D eigenvalue weighted by Crippen LogP contribution is 2.39. The van der Waals surface area contributed by atoms with Crippen LogP contribution in [-0.2, 0) is 14.8 Å². The van der Waals surface area contributed by atoms with Crippen molar-refractivity contribution >= 4 is 21.4 Å². The van der Waals surface area contributed by atoms with Crippen molar-refractivity contribution in [2.45, 2.75) is 62.6 Å². The Labute approximate surface area is 150 Å². The van der Waals surface area contributed by atoms with Crippen LogP contribution in [0, 0.1) is 13.8 Å². The number of thiophene rings is 1. The molecule has 4 rings (SSSR count). The maximum absolute atomic E-state index is 12.5. The zero-order chi connectivity index (χ0) is 17.6. The summed E-state index contributed by atoms with van der Waals surface area (Å²) in [6.45, 7) is 3.97. The predicted octanol–water partition coefficient (Wildman–Crippen LogP) is 2.82. The minimum absolute atomic E-state index is 0.184. The summed E-state index contributed by atoms with van der Waals surface area (Å²) in [6.07, 6.45) is 3.34. The highest BCUT2D eigenvalue weighted by Gasteiger charge is 2.34. The first-order chi connectivity index (χ1) is 11.9. The van der Waals surface area contributed by atoms with Crippen LogP contribution in [-0.4, -0.2) is 31.2 Å². The first-order valence-corrected chi connectivity index (χ1v) is 10.8. The van der Waals surface area contributed by atoms with Gasteiger partial charge in [0.1, 0.15) is 6.10 Å². The van der Waals surface area contributed by atoms with E-state index in [4.69, 9.17) is 9.26 Å². The third kappa shape index (κ3) is 3.64. The van der Waals surface area contributed by atoms with Gasteiger partial charge in [-0.1, -0.05) is 5.16 Å². The van der Waals surface area contributed by atoms with Crippen LogP contribution in [0.4, 0.5) is 0 Å². The second-order valence-electron chi connectivity index (χ2n) is 6.72. The van der Waals surface area contributed by atoms with E-state index in [0.29, 0.717) is 16.7 Å². The third-order valence-corrected chi connectivity index (χ3v) is 7.21. The molecule has 2 aliphatic rings. The lowest BCUT2D eigenvalue weighted by molar-refractivity contribution is 0.0290. The minimum atomic E-state index is -3.51. The summed E-state index contributed by atoms with van der Waals surface area (Å²) in [4.78, 5) is 6.56. The average Bonchev–Trinajstić information content (AvgIpc) is 2.98. The van der Waals surface area contributed by atoms with Gasteiger partial charge >= 0.3 is 0 Å². The molecule has 0 amide bonds. The maximum atomic E-state index is 12.5. The number of hydrogen-bond acceptors (Lipinski definition) is 7. The molecule has 1 saturated carbocycles. The van der Waals surface area contributed by atoms with Crippen LogP contribution < -0.4 is 4.72 Å². The van der Waals surface area contributed by atoms with E-state index in [2.05, 4.69) is 14.9 Å². The van der Waals surface area contributed by atoms with E-state index in [1.807, 2.05) is 13.8 Å². The Balaban J connectivity index is 1.35. The monoisotopic (exact) mass is 383 g/mol. The lowest BCUT2D eigenvalue weighted by Gasteiger charge is -2.12. The van der Waals surface area contributed by atoms with Crippen molar-refractivity contribution in [3.8, 4) is 0 Å². The molecule has 2 aromatic rings. The summed E-state index contributed by atoms with van der Waals surface area (Å²) in [5.41, 5.74) is 0. The summed E-state index contributed by atoms with van der Waals surface area (Å²) in [6, 6.07) is 1.71. The van der Waals surface area contributed by atoms with Gasteiger partial charge in [-0.15, -0.1) is 11.3 Å². The van der Waals surface area contributed by atoms with Crippen molar-refractivity contribution in [2.75, 3.05) is 6.54 Å². The average molecular weight is 383 g/mol. The number of aromatic nitrogens is 2. The largest absolute Gasteiger partial charge is 0.364 e. The van der Waals surface area contributed by atoms with E-state index in [1.54, 1.807) is 6.07 Å². The number of aryl methyl sites for hydroxylation is 2. The van der Waals surface area contributed by atoms with E-state index in [0.717, 1.165) is 41.3 Å². The maximum Gasteiger partial charge on any atom is 0.255 e. The van der Waals surface area contributed by atoms with Crippen LogP contribution in [0.3, 0.4) is 0 Å². The molecule has 136 valence electrons. The fourth-order valence-corrected chi connectivity index (χ4v) is 5.70. The molecule has 0 spiro atoms. The van der Waals surface area contributed by atoms with E-state index < -0.39 is 10.0 Å². The lowest BCUT2D eigenvalue weighted by Crippen LogP contribution is -2.32. The van der Waals surface area contributed by atoms with Crippen LogP contribution in [0.15, 0.2) is 15.5 Å². The van der Waals surface area contributed by atoms with Crippen molar-refractivity contribution in [1.29, 1.82) is 0 Å². The van der Waals surface area contributed by atoms with Gasteiger partial charge in [-0.2, -0.15) is 4.98 Å². The summed E-state index contributed by atoms with van der Waals surface area (Å²) < 4.78 is 38.8. The Hall–Kier alpha value is -1.29. The van der Waals surface area contributed by atoms with Gasteiger partial charge in [-0.05, 0) is 45.6 Å². The van der Waals surface area contributed by atoms with Gasteiger partial charge in [0, 0.05) is 22.2 Å². The van der Waals surface area contributed by atoms with Gasteiger partial charge in [0.15, 0.2) is 5.82 Å². The van der Waals surface area contributed by atoms with Gasteiger partial charge in [0.2, 0.25) is 10.0 Å². The van der Waals surface area contributed by atoms with Crippen LogP contribution >= 0.6 is 11.3 Å². The topological polar surface area (TPSA) is 94.3 Å². The van der Waals surface area contributed by atoms with Gasteiger partial charge in [-0.25, -0.2) is 13.1 Å². The Morgan fingerprint density at radius 3 is 2.76 bits per heavy atom. The molecule has 7 nitrogen and oxygen atoms in total. The normalized spacial score (nSPS) is 24.1. The summed E-state index contributed by atoms with van der Waals surface area (Å²) >= 11 is 1.48. The molecule has 2 atom stereocenters. The molecule has 1 aliphatic heterocycles. The molecule has 2 aromatic heterocycles. The van der Waals surface area contributed by atoms with E-state index in [9.17, 15) is 8.42 Å². The van der Waals surface area contributed by atoms with Crippen molar-refractivity contribution in [3.05, 3.63) is 27.5 Å². The zero-order valence-corrected chi connectivity index (χ0v) is 15.8. The van der Waals surface area contributed by atoms with E-state index in [-0.39, 0.29) is 18.8 Å². The van der Waals surface area contributed by atoms with Crippen LogP contribution in [0.1, 0.15) is 59.2 Å². The molecule has 1 aliphatic carbocycles. The standard InChI is InChI=1S/C16H21N3O4S2/c1-9-7-14(10(2)24-9)25(20,21)17-8-12-5-6-13(22-12)16-18-15(19-23-16)11-3-4-11/h7,11-13,17H,3-6,8H2,1-2H3/t12-,13+/m1/s1. The number of nitrogens with one attached hydrogen (secondary N) is 1. The molecule has 3 heterocycles. The van der Waals surface area contributed by atoms with Crippen molar-refractivity contribution in [1.82, 2.24) is 14.9 Å². The van der Waals surface area contributed by atoms with Gasteiger partial charge in [-0.3, -0.25) is 0 Å². The molecule has 1 N–H and O–H groups in total. The quantitative estimate of drug-likeness (QED) is 0.824. The molecule has 0 unspecified atom stereocenters. The molecule has 0 radical (unpaired) electrons. The summed E-state index contributed by atoms with van der Waals surface area (Å²) in [7, 11) is -3.51. The van der Waals surface area contributed by atoms with Crippen molar-refractivity contribution in [3.63, 3.8) is 0 Å². The lowest BCUT2D eigenvalue weighted by atomic mass is 10.2.